The summed E-state index contributed by atoms with van der Waals surface area (Å²) in [5, 5.41) is 14.4. The van der Waals surface area contributed by atoms with Crippen LogP contribution in [-0.4, -0.2) is 34.5 Å². The fourth-order valence-corrected chi connectivity index (χ4v) is 5.34. The van der Waals surface area contributed by atoms with Crippen LogP contribution in [-0.2, 0) is 10.4 Å². The Labute approximate surface area is 182 Å². The maximum absolute atomic E-state index is 13.1. The molecule has 2 atom stereocenters. The van der Waals surface area contributed by atoms with Crippen LogP contribution < -0.4 is 5.32 Å². The molecule has 0 radical (unpaired) electrons. The van der Waals surface area contributed by atoms with Crippen molar-refractivity contribution in [1.29, 1.82) is 0 Å². The quantitative estimate of drug-likeness (QED) is 0.638. The van der Waals surface area contributed by atoms with E-state index in [0.717, 1.165) is 24.0 Å². The zero-order valence-corrected chi connectivity index (χ0v) is 17.5. The SMILES string of the molecule is O=C(CN1C2CCC1CC(O)(c1ccco1)C2)NC(c1ccccc1)c1ccccc1. The summed E-state index contributed by atoms with van der Waals surface area (Å²) in [6.07, 6.45) is 4.82. The third-order valence-electron chi connectivity index (χ3n) is 6.79. The predicted octanol–water partition coefficient (Wildman–Crippen LogP) is 4.00. The van der Waals surface area contributed by atoms with E-state index in [0.29, 0.717) is 25.1 Å². The second-order valence-electron chi connectivity index (χ2n) is 8.80. The van der Waals surface area contributed by atoms with Crippen LogP contribution in [0.1, 0.15) is 48.6 Å². The van der Waals surface area contributed by atoms with Gasteiger partial charge in [-0.1, -0.05) is 60.7 Å². The first kappa shape index (κ1) is 20.0. The van der Waals surface area contributed by atoms with Gasteiger partial charge < -0.3 is 14.8 Å². The van der Waals surface area contributed by atoms with Gasteiger partial charge in [0.1, 0.15) is 11.4 Å². The fraction of sp³-hybridized carbons (Fsp3) is 0.346. The van der Waals surface area contributed by atoms with Crippen molar-refractivity contribution < 1.29 is 14.3 Å². The van der Waals surface area contributed by atoms with Gasteiger partial charge in [-0.3, -0.25) is 9.69 Å². The normalized spacial score (nSPS) is 25.6. The highest BCUT2D eigenvalue weighted by atomic mass is 16.4. The minimum Gasteiger partial charge on any atom is -0.466 e. The van der Waals surface area contributed by atoms with Crippen LogP contribution in [0.2, 0.25) is 0 Å². The molecule has 2 unspecified atom stereocenters. The Kier molecular flexibility index (Phi) is 5.38. The van der Waals surface area contributed by atoms with Crippen molar-refractivity contribution in [3.63, 3.8) is 0 Å². The van der Waals surface area contributed by atoms with E-state index in [9.17, 15) is 9.90 Å². The number of hydrogen-bond donors (Lipinski definition) is 2. The summed E-state index contributed by atoms with van der Waals surface area (Å²) in [5.74, 6) is 0.653. The van der Waals surface area contributed by atoms with Crippen LogP contribution in [0.4, 0.5) is 0 Å². The van der Waals surface area contributed by atoms with Crippen LogP contribution in [0, 0.1) is 0 Å². The van der Waals surface area contributed by atoms with Crippen molar-refractivity contribution in [2.45, 2.75) is 49.4 Å². The van der Waals surface area contributed by atoms with Crippen LogP contribution in [0.3, 0.4) is 0 Å². The number of benzene rings is 2. The molecule has 5 rings (SSSR count). The van der Waals surface area contributed by atoms with Crippen LogP contribution in [0.5, 0.6) is 0 Å². The number of furan rings is 1. The fourth-order valence-electron chi connectivity index (χ4n) is 5.34. The summed E-state index contributed by atoms with van der Waals surface area (Å²) in [6.45, 7) is 0.347. The average Bonchev–Trinajstić information content (AvgIpc) is 3.42. The minimum atomic E-state index is -0.932. The van der Waals surface area contributed by atoms with Crippen molar-refractivity contribution in [3.05, 3.63) is 95.9 Å². The van der Waals surface area contributed by atoms with Gasteiger partial charge in [0.05, 0.1) is 18.8 Å². The Bertz CT molecular complexity index is 950. The highest BCUT2D eigenvalue weighted by molar-refractivity contribution is 5.79. The summed E-state index contributed by atoms with van der Waals surface area (Å²) in [7, 11) is 0. The Hall–Kier alpha value is -2.89. The molecule has 31 heavy (non-hydrogen) atoms. The Balaban J connectivity index is 1.30. The van der Waals surface area contributed by atoms with Crippen LogP contribution >= 0.6 is 0 Å². The lowest BCUT2D eigenvalue weighted by molar-refractivity contribution is -0.127. The molecule has 2 aliphatic heterocycles. The molecular weight excluding hydrogens is 388 g/mol. The summed E-state index contributed by atoms with van der Waals surface area (Å²) in [6, 6.07) is 24.0. The number of aliphatic hydroxyl groups is 1. The van der Waals surface area contributed by atoms with Crippen molar-refractivity contribution in [2.24, 2.45) is 0 Å². The lowest BCUT2D eigenvalue weighted by Crippen LogP contribution is -2.52. The van der Waals surface area contributed by atoms with E-state index in [1.807, 2.05) is 72.8 Å². The molecular formula is C26H28N2O3. The Morgan fingerprint density at radius 3 is 2.06 bits per heavy atom. The number of fused-ring (bicyclic) bond motifs is 2. The monoisotopic (exact) mass is 416 g/mol. The second kappa shape index (κ2) is 8.33. The van der Waals surface area contributed by atoms with E-state index in [1.165, 1.54) is 0 Å². The molecule has 2 aliphatic rings. The topological polar surface area (TPSA) is 65.7 Å². The first-order valence-electron chi connectivity index (χ1n) is 11.0. The number of hydrogen-bond acceptors (Lipinski definition) is 4. The van der Waals surface area contributed by atoms with Gasteiger partial charge in [-0.25, -0.2) is 0 Å². The van der Waals surface area contributed by atoms with Gasteiger partial charge in [-0.15, -0.1) is 0 Å². The van der Waals surface area contributed by atoms with Gasteiger partial charge in [0.15, 0.2) is 0 Å². The predicted molar refractivity (Wildman–Crippen MR) is 118 cm³/mol. The molecule has 5 nitrogen and oxygen atoms in total. The van der Waals surface area contributed by atoms with Crippen molar-refractivity contribution in [2.75, 3.05) is 6.54 Å². The van der Waals surface area contributed by atoms with Gasteiger partial charge >= 0.3 is 0 Å². The van der Waals surface area contributed by atoms with E-state index in [-0.39, 0.29) is 24.0 Å². The number of nitrogens with one attached hydrogen (secondary N) is 1. The van der Waals surface area contributed by atoms with E-state index in [4.69, 9.17) is 4.42 Å². The molecule has 1 aromatic heterocycles. The molecule has 3 aromatic rings. The van der Waals surface area contributed by atoms with Gasteiger partial charge in [0.25, 0.3) is 0 Å². The molecule has 160 valence electrons. The largest absolute Gasteiger partial charge is 0.466 e. The van der Waals surface area contributed by atoms with Gasteiger partial charge in [0, 0.05) is 12.1 Å². The van der Waals surface area contributed by atoms with Crippen LogP contribution in [0.15, 0.2) is 83.5 Å². The lowest BCUT2D eigenvalue weighted by atomic mass is 9.84. The van der Waals surface area contributed by atoms with Gasteiger partial charge in [0.2, 0.25) is 5.91 Å². The van der Waals surface area contributed by atoms with Gasteiger partial charge in [-0.05, 0) is 48.9 Å². The molecule has 2 aromatic carbocycles. The van der Waals surface area contributed by atoms with E-state index in [1.54, 1.807) is 6.26 Å². The highest BCUT2D eigenvalue weighted by Gasteiger charge is 2.50. The molecule has 2 fully saturated rings. The van der Waals surface area contributed by atoms with E-state index in [2.05, 4.69) is 10.2 Å². The number of nitrogens with zero attached hydrogens (tertiary/aromatic N) is 1. The summed E-state index contributed by atoms with van der Waals surface area (Å²) in [4.78, 5) is 15.4. The molecule has 1 amide bonds. The smallest absolute Gasteiger partial charge is 0.234 e. The molecule has 3 heterocycles. The maximum atomic E-state index is 13.1. The molecule has 0 saturated carbocycles. The summed E-state index contributed by atoms with van der Waals surface area (Å²) < 4.78 is 5.52. The summed E-state index contributed by atoms with van der Waals surface area (Å²) >= 11 is 0. The molecule has 0 spiro atoms. The number of amides is 1. The standard InChI is InChI=1S/C26H28N2O3/c29-24(27-25(19-8-3-1-4-9-19)20-10-5-2-6-11-20)18-28-21-13-14-22(28)17-26(30,16-21)23-12-7-15-31-23/h1-12,15,21-22,25,30H,13-14,16-18H2,(H,27,29). The number of piperidine rings is 1. The zero-order chi connectivity index (χ0) is 21.3. The van der Waals surface area contributed by atoms with Gasteiger partial charge in [-0.2, -0.15) is 0 Å². The molecule has 0 aliphatic carbocycles. The zero-order valence-electron chi connectivity index (χ0n) is 17.5. The lowest BCUT2D eigenvalue weighted by Gasteiger charge is -2.42. The Morgan fingerprint density at radius 1 is 0.968 bits per heavy atom. The summed E-state index contributed by atoms with van der Waals surface area (Å²) in [5.41, 5.74) is 1.20. The third kappa shape index (κ3) is 4.03. The first-order valence-corrected chi connectivity index (χ1v) is 11.0. The number of rotatable bonds is 6. The van der Waals surface area contributed by atoms with Crippen molar-refractivity contribution >= 4 is 5.91 Å². The molecule has 2 bridgehead atoms. The number of carbonyl (C=O) groups excluding carboxylic acids is 1. The van der Waals surface area contributed by atoms with Crippen molar-refractivity contribution in [1.82, 2.24) is 10.2 Å². The van der Waals surface area contributed by atoms with E-state index < -0.39 is 5.60 Å². The highest BCUT2D eigenvalue weighted by Crippen LogP contribution is 2.45. The number of carbonyl (C=O) groups is 1. The van der Waals surface area contributed by atoms with Crippen LogP contribution in [0.25, 0.3) is 0 Å². The molecule has 5 heteroatoms. The second-order valence-corrected chi connectivity index (χ2v) is 8.80. The minimum absolute atomic E-state index is 0.0121. The maximum Gasteiger partial charge on any atom is 0.234 e. The first-order chi connectivity index (χ1) is 15.1. The molecule has 2 saturated heterocycles. The van der Waals surface area contributed by atoms with Crippen molar-refractivity contribution in [3.8, 4) is 0 Å². The van der Waals surface area contributed by atoms with E-state index >= 15 is 0 Å². The third-order valence-corrected chi connectivity index (χ3v) is 6.79. The Morgan fingerprint density at radius 2 is 1.55 bits per heavy atom. The molecule has 2 N–H and O–H groups in total. The average molecular weight is 417 g/mol.